The summed E-state index contributed by atoms with van der Waals surface area (Å²) in [6, 6.07) is 6.87. The van der Waals surface area contributed by atoms with Crippen molar-refractivity contribution in [2.75, 3.05) is 47.8 Å². The number of hydrogen-bond acceptors (Lipinski definition) is 6. The van der Waals surface area contributed by atoms with Crippen molar-refractivity contribution >= 4 is 17.5 Å². The van der Waals surface area contributed by atoms with Crippen LogP contribution in [0.2, 0.25) is 0 Å². The molecule has 1 aliphatic heterocycles. The van der Waals surface area contributed by atoms with Crippen molar-refractivity contribution < 1.29 is 4.39 Å². The molecule has 1 fully saturated rings. The number of piperazine rings is 1. The van der Waals surface area contributed by atoms with Gasteiger partial charge in [-0.15, -0.1) is 11.7 Å². The number of nitrogens with one attached hydrogen (secondary N) is 1. The zero-order valence-corrected chi connectivity index (χ0v) is 12.8. The van der Waals surface area contributed by atoms with Crippen LogP contribution in [0.25, 0.3) is 0 Å². The minimum Gasteiger partial charge on any atom is -0.366 e. The van der Waals surface area contributed by atoms with Gasteiger partial charge < -0.3 is 15.1 Å². The van der Waals surface area contributed by atoms with E-state index in [1.54, 1.807) is 18.3 Å². The van der Waals surface area contributed by atoms with Crippen molar-refractivity contribution in [2.45, 2.75) is 0 Å². The molecular formula is C16H19FN6. The van der Waals surface area contributed by atoms with Crippen LogP contribution in [0, 0.1) is 5.82 Å². The molecule has 1 aromatic carbocycles. The Morgan fingerprint density at radius 1 is 1.17 bits per heavy atom. The van der Waals surface area contributed by atoms with Gasteiger partial charge in [0.1, 0.15) is 5.82 Å². The van der Waals surface area contributed by atoms with Crippen molar-refractivity contribution in [3.05, 3.63) is 48.9 Å². The van der Waals surface area contributed by atoms with Gasteiger partial charge in [0.2, 0.25) is 5.95 Å². The third-order valence-electron chi connectivity index (χ3n) is 3.75. The van der Waals surface area contributed by atoms with Gasteiger partial charge >= 0.3 is 0 Å². The molecule has 7 heteroatoms. The summed E-state index contributed by atoms with van der Waals surface area (Å²) in [4.78, 5) is 8.63. The van der Waals surface area contributed by atoms with Gasteiger partial charge in [0.15, 0.2) is 5.82 Å². The second-order valence-electron chi connectivity index (χ2n) is 5.23. The van der Waals surface area contributed by atoms with E-state index in [4.69, 9.17) is 0 Å². The van der Waals surface area contributed by atoms with E-state index in [-0.39, 0.29) is 5.82 Å². The third kappa shape index (κ3) is 3.56. The van der Waals surface area contributed by atoms with E-state index >= 15 is 0 Å². The molecule has 0 saturated carbocycles. The van der Waals surface area contributed by atoms with Crippen LogP contribution >= 0.6 is 0 Å². The molecule has 0 amide bonds. The Kier molecular flexibility index (Phi) is 4.65. The highest BCUT2D eigenvalue weighted by Crippen LogP contribution is 2.21. The normalized spacial score (nSPS) is 14.7. The average molecular weight is 314 g/mol. The van der Waals surface area contributed by atoms with Gasteiger partial charge in [-0.2, -0.15) is 10.1 Å². The van der Waals surface area contributed by atoms with Crippen molar-refractivity contribution in [1.29, 1.82) is 0 Å². The first-order valence-electron chi connectivity index (χ1n) is 7.57. The first-order valence-corrected chi connectivity index (χ1v) is 7.57. The lowest BCUT2D eigenvalue weighted by Gasteiger charge is -2.36. The summed E-state index contributed by atoms with van der Waals surface area (Å²) in [6.45, 7) is 7.23. The number of anilines is 3. The molecule has 0 spiro atoms. The first kappa shape index (κ1) is 15.2. The molecule has 2 aromatic rings. The standard InChI is InChI=1S/C16H19FN6/c1-2-7-18-16-20-15(12-19-21-16)23-10-8-22(9-11-23)14-6-4-3-5-13(14)17/h2-6,12H,1,7-11H2,(H,18,20,21). The van der Waals surface area contributed by atoms with Gasteiger partial charge in [-0.1, -0.05) is 18.2 Å². The monoisotopic (exact) mass is 314 g/mol. The van der Waals surface area contributed by atoms with E-state index in [9.17, 15) is 4.39 Å². The van der Waals surface area contributed by atoms with Gasteiger partial charge in [0.05, 0.1) is 11.9 Å². The summed E-state index contributed by atoms with van der Waals surface area (Å²) in [5, 5.41) is 10.9. The van der Waals surface area contributed by atoms with Gasteiger partial charge in [0.25, 0.3) is 0 Å². The van der Waals surface area contributed by atoms with Crippen molar-refractivity contribution in [1.82, 2.24) is 15.2 Å². The molecular weight excluding hydrogens is 295 g/mol. The molecule has 0 atom stereocenters. The molecule has 0 aliphatic carbocycles. The lowest BCUT2D eigenvalue weighted by atomic mass is 10.2. The van der Waals surface area contributed by atoms with Crippen LogP contribution in [0.3, 0.4) is 0 Å². The van der Waals surface area contributed by atoms with E-state index < -0.39 is 0 Å². The Balaban J connectivity index is 1.65. The summed E-state index contributed by atoms with van der Waals surface area (Å²) >= 11 is 0. The Morgan fingerprint density at radius 2 is 1.91 bits per heavy atom. The minimum atomic E-state index is -0.180. The summed E-state index contributed by atoms with van der Waals surface area (Å²) < 4.78 is 13.9. The topological polar surface area (TPSA) is 57.2 Å². The Labute approximate surface area is 134 Å². The quantitative estimate of drug-likeness (QED) is 0.851. The maximum atomic E-state index is 13.9. The van der Waals surface area contributed by atoms with Crippen LogP contribution in [0.5, 0.6) is 0 Å². The molecule has 120 valence electrons. The van der Waals surface area contributed by atoms with Gasteiger partial charge in [-0.05, 0) is 12.1 Å². The lowest BCUT2D eigenvalue weighted by Crippen LogP contribution is -2.47. The van der Waals surface area contributed by atoms with Gasteiger partial charge in [-0.3, -0.25) is 0 Å². The summed E-state index contributed by atoms with van der Waals surface area (Å²) in [6.07, 6.45) is 3.39. The zero-order valence-electron chi connectivity index (χ0n) is 12.8. The second kappa shape index (κ2) is 7.04. The highest BCUT2D eigenvalue weighted by atomic mass is 19.1. The predicted molar refractivity (Wildman–Crippen MR) is 89.3 cm³/mol. The van der Waals surface area contributed by atoms with Gasteiger partial charge in [0, 0.05) is 32.7 Å². The number of rotatable bonds is 5. The molecule has 1 saturated heterocycles. The smallest absolute Gasteiger partial charge is 0.244 e. The fourth-order valence-corrected chi connectivity index (χ4v) is 2.57. The SMILES string of the molecule is C=CCNc1nncc(N2CCN(c3ccccc3F)CC2)n1. The van der Waals surface area contributed by atoms with Crippen LogP contribution in [0.15, 0.2) is 43.1 Å². The van der Waals surface area contributed by atoms with E-state index in [0.29, 0.717) is 18.2 Å². The molecule has 2 heterocycles. The molecule has 1 N–H and O–H groups in total. The lowest BCUT2D eigenvalue weighted by molar-refractivity contribution is 0.595. The average Bonchev–Trinajstić information content (AvgIpc) is 2.61. The minimum absolute atomic E-state index is 0.180. The number of benzene rings is 1. The molecule has 6 nitrogen and oxygen atoms in total. The van der Waals surface area contributed by atoms with Crippen LogP contribution in [0.4, 0.5) is 21.8 Å². The van der Waals surface area contributed by atoms with Gasteiger partial charge in [-0.25, -0.2) is 4.39 Å². The Bertz CT molecular complexity index is 669. The van der Waals surface area contributed by atoms with E-state index in [0.717, 1.165) is 32.0 Å². The number of halogens is 1. The second-order valence-corrected chi connectivity index (χ2v) is 5.23. The molecule has 1 aromatic heterocycles. The Hall–Kier alpha value is -2.70. The summed E-state index contributed by atoms with van der Waals surface area (Å²) in [7, 11) is 0. The largest absolute Gasteiger partial charge is 0.366 e. The van der Waals surface area contributed by atoms with Crippen molar-refractivity contribution in [2.24, 2.45) is 0 Å². The summed E-state index contributed by atoms with van der Waals surface area (Å²) in [5.74, 6) is 1.08. The van der Waals surface area contributed by atoms with E-state index in [2.05, 4.69) is 36.9 Å². The maximum Gasteiger partial charge on any atom is 0.244 e. The fraction of sp³-hybridized carbons (Fsp3) is 0.312. The predicted octanol–water partition coefficient (Wildman–Crippen LogP) is 1.94. The maximum absolute atomic E-state index is 13.9. The number of para-hydroxylation sites is 1. The van der Waals surface area contributed by atoms with Crippen molar-refractivity contribution in [3.63, 3.8) is 0 Å². The van der Waals surface area contributed by atoms with Crippen LogP contribution in [-0.4, -0.2) is 47.9 Å². The van der Waals surface area contributed by atoms with Crippen LogP contribution < -0.4 is 15.1 Å². The number of nitrogens with zero attached hydrogens (tertiary/aromatic N) is 5. The highest BCUT2D eigenvalue weighted by molar-refractivity contribution is 5.50. The van der Waals surface area contributed by atoms with Crippen LogP contribution in [-0.2, 0) is 0 Å². The fourth-order valence-electron chi connectivity index (χ4n) is 2.57. The van der Waals surface area contributed by atoms with Crippen molar-refractivity contribution in [3.8, 4) is 0 Å². The molecule has 0 unspecified atom stereocenters. The highest BCUT2D eigenvalue weighted by Gasteiger charge is 2.20. The van der Waals surface area contributed by atoms with E-state index in [1.807, 2.05) is 12.1 Å². The molecule has 0 radical (unpaired) electrons. The van der Waals surface area contributed by atoms with Crippen LogP contribution in [0.1, 0.15) is 0 Å². The number of hydrogen-bond donors (Lipinski definition) is 1. The number of aromatic nitrogens is 3. The molecule has 23 heavy (non-hydrogen) atoms. The molecule has 0 bridgehead atoms. The molecule has 1 aliphatic rings. The Morgan fingerprint density at radius 3 is 2.65 bits per heavy atom. The summed E-state index contributed by atoms with van der Waals surface area (Å²) in [5.41, 5.74) is 0.654. The molecule has 3 rings (SSSR count). The zero-order chi connectivity index (χ0) is 16.1. The van der Waals surface area contributed by atoms with E-state index in [1.165, 1.54) is 6.07 Å². The first-order chi connectivity index (χ1) is 11.3. The third-order valence-corrected chi connectivity index (χ3v) is 3.75.